The van der Waals surface area contributed by atoms with Gasteiger partial charge in [-0.25, -0.2) is 9.97 Å². The average Bonchev–Trinajstić information content (AvgIpc) is 2.85. The molecule has 3 rings (SSSR count). The molecule has 1 aromatic carbocycles. The smallest absolute Gasteiger partial charge is 0.272 e. The van der Waals surface area contributed by atoms with Gasteiger partial charge in [-0.3, -0.25) is 4.79 Å². The van der Waals surface area contributed by atoms with E-state index < -0.39 is 0 Å². The Morgan fingerprint density at radius 3 is 2.45 bits per heavy atom. The van der Waals surface area contributed by atoms with Gasteiger partial charge in [0.2, 0.25) is 0 Å². The second kappa shape index (κ2) is 7.02. The van der Waals surface area contributed by atoms with Crippen LogP contribution in [0.2, 0.25) is 0 Å². The standard InChI is InChI=1S/C17H20N4O/c22-17(21-10-6-1-2-7-11-21)15-12-16(19-13-18-15)20-14-8-4-3-5-9-14/h3-5,8-9,12-13H,1-2,6-7,10-11H2,(H,18,19,20). The molecule has 2 heterocycles. The lowest BCUT2D eigenvalue weighted by atomic mass is 10.2. The minimum absolute atomic E-state index is 0.000381. The summed E-state index contributed by atoms with van der Waals surface area (Å²) in [6, 6.07) is 11.5. The molecule has 0 aliphatic carbocycles. The highest BCUT2D eigenvalue weighted by atomic mass is 16.2. The predicted molar refractivity (Wildman–Crippen MR) is 86.1 cm³/mol. The monoisotopic (exact) mass is 296 g/mol. The van der Waals surface area contributed by atoms with Crippen molar-refractivity contribution < 1.29 is 4.79 Å². The molecule has 1 saturated heterocycles. The van der Waals surface area contributed by atoms with E-state index in [-0.39, 0.29) is 5.91 Å². The van der Waals surface area contributed by atoms with E-state index in [4.69, 9.17) is 0 Å². The minimum atomic E-state index is 0.000381. The van der Waals surface area contributed by atoms with Gasteiger partial charge in [0, 0.05) is 24.8 Å². The molecule has 1 N–H and O–H groups in total. The second-order valence-electron chi connectivity index (χ2n) is 5.49. The van der Waals surface area contributed by atoms with Gasteiger partial charge in [0.05, 0.1) is 0 Å². The van der Waals surface area contributed by atoms with Gasteiger partial charge in [-0.05, 0) is 25.0 Å². The molecule has 22 heavy (non-hydrogen) atoms. The topological polar surface area (TPSA) is 58.1 Å². The van der Waals surface area contributed by atoms with E-state index in [2.05, 4.69) is 15.3 Å². The van der Waals surface area contributed by atoms with Crippen molar-refractivity contribution in [1.82, 2.24) is 14.9 Å². The Bertz CT molecular complexity index is 622. The third-order valence-electron chi connectivity index (χ3n) is 3.83. The number of nitrogens with zero attached hydrogens (tertiary/aromatic N) is 3. The molecule has 0 saturated carbocycles. The number of rotatable bonds is 3. The molecular weight excluding hydrogens is 276 g/mol. The summed E-state index contributed by atoms with van der Waals surface area (Å²) in [4.78, 5) is 22.8. The molecule has 114 valence electrons. The fourth-order valence-corrected chi connectivity index (χ4v) is 2.65. The zero-order valence-electron chi connectivity index (χ0n) is 12.5. The summed E-state index contributed by atoms with van der Waals surface area (Å²) in [6.07, 6.45) is 6.00. The number of carbonyl (C=O) groups is 1. The van der Waals surface area contributed by atoms with E-state index >= 15 is 0 Å². The van der Waals surface area contributed by atoms with Crippen LogP contribution in [0.3, 0.4) is 0 Å². The summed E-state index contributed by atoms with van der Waals surface area (Å²) in [5.41, 5.74) is 1.39. The van der Waals surface area contributed by atoms with Crippen molar-refractivity contribution in [2.24, 2.45) is 0 Å². The Morgan fingerprint density at radius 1 is 1.00 bits per heavy atom. The van der Waals surface area contributed by atoms with Crippen LogP contribution in [-0.2, 0) is 0 Å². The number of benzene rings is 1. The van der Waals surface area contributed by atoms with Gasteiger partial charge in [0.15, 0.2) is 0 Å². The number of likely N-dealkylation sites (tertiary alicyclic amines) is 1. The summed E-state index contributed by atoms with van der Waals surface area (Å²) in [5, 5.41) is 3.19. The van der Waals surface area contributed by atoms with E-state index in [1.165, 1.54) is 19.2 Å². The molecule has 5 heteroatoms. The van der Waals surface area contributed by atoms with Gasteiger partial charge >= 0.3 is 0 Å². The van der Waals surface area contributed by atoms with Crippen LogP contribution < -0.4 is 5.32 Å². The SMILES string of the molecule is O=C(c1cc(Nc2ccccc2)ncn1)N1CCCCCC1. The van der Waals surface area contributed by atoms with E-state index in [1.807, 2.05) is 35.2 Å². The summed E-state index contributed by atoms with van der Waals surface area (Å²) in [6.45, 7) is 1.65. The molecule has 1 aliphatic rings. The molecule has 5 nitrogen and oxygen atoms in total. The number of hydrogen-bond donors (Lipinski definition) is 1. The van der Waals surface area contributed by atoms with Crippen LogP contribution in [0.4, 0.5) is 11.5 Å². The highest BCUT2D eigenvalue weighted by Gasteiger charge is 2.18. The molecule has 0 atom stereocenters. The zero-order chi connectivity index (χ0) is 15.2. The van der Waals surface area contributed by atoms with Crippen LogP contribution in [0, 0.1) is 0 Å². The summed E-state index contributed by atoms with van der Waals surface area (Å²) in [5.74, 6) is 0.639. The Kier molecular flexibility index (Phi) is 4.63. The number of nitrogens with one attached hydrogen (secondary N) is 1. The number of hydrogen-bond acceptors (Lipinski definition) is 4. The van der Waals surface area contributed by atoms with Crippen molar-refractivity contribution in [3.8, 4) is 0 Å². The third kappa shape index (κ3) is 3.61. The Labute approximate surface area is 130 Å². The highest BCUT2D eigenvalue weighted by Crippen LogP contribution is 2.16. The van der Waals surface area contributed by atoms with Crippen LogP contribution in [-0.4, -0.2) is 33.9 Å². The lowest BCUT2D eigenvalue weighted by Gasteiger charge is -2.19. The van der Waals surface area contributed by atoms with E-state index in [9.17, 15) is 4.79 Å². The van der Waals surface area contributed by atoms with Crippen LogP contribution in [0.1, 0.15) is 36.2 Å². The highest BCUT2D eigenvalue weighted by molar-refractivity contribution is 5.93. The molecule has 0 spiro atoms. The zero-order valence-corrected chi connectivity index (χ0v) is 12.5. The number of aromatic nitrogens is 2. The van der Waals surface area contributed by atoms with Crippen molar-refractivity contribution in [3.63, 3.8) is 0 Å². The molecule has 1 aliphatic heterocycles. The first-order valence-electron chi connectivity index (χ1n) is 7.76. The van der Waals surface area contributed by atoms with Crippen LogP contribution in [0.5, 0.6) is 0 Å². The van der Waals surface area contributed by atoms with Crippen LogP contribution in [0.15, 0.2) is 42.7 Å². The quantitative estimate of drug-likeness (QED) is 0.944. The third-order valence-corrected chi connectivity index (χ3v) is 3.83. The average molecular weight is 296 g/mol. The maximum Gasteiger partial charge on any atom is 0.272 e. The first-order valence-corrected chi connectivity index (χ1v) is 7.76. The number of para-hydroxylation sites is 1. The van der Waals surface area contributed by atoms with Crippen molar-refractivity contribution >= 4 is 17.4 Å². The molecule has 2 aromatic rings. The van der Waals surface area contributed by atoms with Gasteiger partial charge in [0.25, 0.3) is 5.91 Å². The molecule has 1 amide bonds. The van der Waals surface area contributed by atoms with E-state index in [1.54, 1.807) is 6.07 Å². The van der Waals surface area contributed by atoms with Gasteiger partial charge in [-0.2, -0.15) is 0 Å². The molecule has 1 fully saturated rings. The molecular formula is C17H20N4O. The lowest BCUT2D eigenvalue weighted by Crippen LogP contribution is -2.32. The Hall–Kier alpha value is -2.43. The minimum Gasteiger partial charge on any atom is -0.340 e. The van der Waals surface area contributed by atoms with Crippen LogP contribution in [0.25, 0.3) is 0 Å². The molecule has 1 aromatic heterocycles. The van der Waals surface area contributed by atoms with Crippen molar-refractivity contribution in [3.05, 3.63) is 48.4 Å². The fraction of sp³-hybridized carbons (Fsp3) is 0.353. The largest absolute Gasteiger partial charge is 0.340 e. The fourth-order valence-electron chi connectivity index (χ4n) is 2.65. The first kappa shape index (κ1) is 14.5. The molecule has 0 radical (unpaired) electrons. The van der Waals surface area contributed by atoms with Crippen LogP contribution >= 0.6 is 0 Å². The Balaban J connectivity index is 1.74. The van der Waals surface area contributed by atoms with Gasteiger partial charge < -0.3 is 10.2 Å². The van der Waals surface area contributed by atoms with E-state index in [0.717, 1.165) is 31.6 Å². The van der Waals surface area contributed by atoms with Crippen molar-refractivity contribution in [2.75, 3.05) is 18.4 Å². The number of amides is 1. The lowest BCUT2D eigenvalue weighted by molar-refractivity contribution is 0.0755. The van der Waals surface area contributed by atoms with Gasteiger partial charge in [0.1, 0.15) is 17.8 Å². The summed E-state index contributed by atoms with van der Waals surface area (Å²) >= 11 is 0. The first-order chi connectivity index (χ1) is 10.8. The predicted octanol–water partition coefficient (Wildman–Crippen LogP) is 3.24. The maximum absolute atomic E-state index is 12.6. The number of carbonyl (C=O) groups excluding carboxylic acids is 1. The van der Waals surface area contributed by atoms with E-state index in [0.29, 0.717) is 11.5 Å². The number of anilines is 2. The Morgan fingerprint density at radius 2 is 1.73 bits per heavy atom. The normalized spacial score (nSPS) is 15.2. The summed E-state index contributed by atoms with van der Waals surface area (Å²) in [7, 11) is 0. The maximum atomic E-state index is 12.6. The second-order valence-corrected chi connectivity index (χ2v) is 5.49. The van der Waals surface area contributed by atoms with Gasteiger partial charge in [-0.15, -0.1) is 0 Å². The molecule has 0 unspecified atom stereocenters. The molecule has 0 bridgehead atoms. The summed E-state index contributed by atoms with van der Waals surface area (Å²) < 4.78 is 0. The van der Waals surface area contributed by atoms with Crippen molar-refractivity contribution in [1.29, 1.82) is 0 Å². The van der Waals surface area contributed by atoms with Gasteiger partial charge in [-0.1, -0.05) is 31.0 Å². The van der Waals surface area contributed by atoms with Crippen molar-refractivity contribution in [2.45, 2.75) is 25.7 Å².